The van der Waals surface area contributed by atoms with Crippen molar-refractivity contribution in [3.8, 4) is 0 Å². The average Bonchev–Trinajstić information content (AvgIpc) is 2.37. The molecule has 1 heterocycles. The first-order chi connectivity index (χ1) is 8.47. The van der Waals surface area contributed by atoms with Gasteiger partial charge < -0.3 is 20.1 Å². The summed E-state index contributed by atoms with van der Waals surface area (Å²) in [6, 6.07) is -0.165. The third kappa shape index (κ3) is 3.87. The molecule has 0 aromatic rings. The van der Waals surface area contributed by atoms with Crippen LogP contribution in [-0.4, -0.2) is 54.4 Å². The van der Waals surface area contributed by atoms with Gasteiger partial charge in [0.15, 0.2) is 0 Å². The van der Waals surface area contributed by atoms with Crippen molar-refractivity contribution in [1.82, 2.24) is 10.2 Å². The summed E-state index contributed by atoms with van der Waals surface area (Å²) in [5, 5.41) is 12.6. The standard InChI is InChI=1S/C12H22N2O4/c1-4-11(16)9-5-10(13-12(17)18-3)7-14(6-9)8(2)15/h9-11,16H,4-7H2,1-3H3,(H,13,17). The Bertz CT molecular complexity index is 308. The Morgan fingerprint density at radius 3 is 2.67 bits per heavy atom. The maximum atomic E-state index is 11.5. The molecule has 3 atom stereocenters. The van der Waals surface area contributed by atoms with E-state index in [1.807, 2.05) is 6.92 Å². The molecule has 1 rings (SSSR count). The highest BCUT2D eigenvalue weighted by atomic mass is 16.5. The number of carbonyl (C=O) groups is 2. The lowest BCUT2D eigenvalue weighted by molar-refractivity contribution is -0.132. The number of nitrogens with one attached hydrogen (secondary N) is 1. The van der Waals surface area contributed by atoms with Crippen LogP contribution in [0.25, 0.3) is 0 Å². The van der Waals surface area contributed by atoms with Crippen molar-refractivity contribution < 1.29 is 19.4 Å². The highest BCUT2D eigenvalue weighted by Gasteiger charge is 2.32. The van der Waals surface area contributed by atoms with Gasteiger partial charge >= 0.3 is 6.09 Å². The molecule has 6 nitrogen and oxygen atoms in total. The van der Waals surface area contributed by atoms with E-state index in [9.17, 15) is 14.7 Å². The molecule has 1 saturated heterocycles. The van der Waals surface area contributed by atoms with Gasteiger partial charge in [-0.25, -0.2) is 4.79 Å². The second-order valence-electron chi connectivity index (χ2n) is 4.73. The van der Waals surface area contributed by atoms with Gasteiger partial charge in [0.25, 0.3) is 0 Å². The normalized spacial score (nSPS) is 25.4. The third-order valence-corrected chi connectivity index (χ3v) is 3.40. The Morgan fingerprint density at radius 2 is 2.17 bits per heavy atom. The van der Waals surface area contributed by atoms with Gasteiger partial charge in [-0.3, -0.25) is 4.79 Å². The molecule has 3 unspecified atom stereocenters. The monoisotopic (exact) mass is 258 g/mol. The van der Waals surface area contributed by atoms with Crippen LogP contribution < -0.4 is 5.32 Å². The van der Waals surface area contributed by atoms with Crippen LogP contribution in [0.2, 0.25) is 0 Å². The first kappa shape index (κ1) is 14.8. The van der Waals surface area contributed by atoms with E-state index < -0.39 is 12.2 Å². The smallest absolute Gasteiger partial charge is 0.407 e. The number of aliphatic hydroxyl groups is 1. The maximum absolute atomic E-state index is 11.5. The fourth-order valence-electron chi connectivity index (χ4n) is 2.34. The van der Waals surface area contributed by atoms with Crippen molar-refractivity contribution in [3.05, 3.63) is 0 Å². The summed E-state index contributed by atoms with van der Waals surface area (Å²) in [4.78, 5) is 24.3. The number of ether oxygens (including phenoxy) is 1. The van der Waals surface area contributed by atoms with Gasteiger partial charge in [-0.1, -0.05) is 6.92 Å². The Morgan fingerprint density at radius 1 is 1.50 bits per heavy atom. The number of piperidine rings is 1. The molecular weight excluding hydrogens is 236 g/mol. The first-order valence-electron chi connectivity index (χ1n) is 6.26. The Labute approximate surface area is 107 Å². The molecule has 1 aliphatic heterocycles. The molecule has 0 aromatic heterocycles. The molecule has 18 heavy (non-hydrogen) atoms. The summed E-state index contributed by atoms with van der Waals surface area (Å²) in [6.07, 6.45) is 0.346. The van der Waals surface area contributed by atoms with Gasteiger partial charge in [-0.2, -0.15) is 0 Å². The summed E-state index contributed by atoms with van der Waals surface area (Å²) >= 11 is 0. The van der Waals surface area contributed by atoms with E-state index in [2.05, 4.69) is 10.1 Å². The molecule has 0 saturated carbocycles. The molecular formula is C12H22N2O4. The van der Waals surface area contributed by atoms with E-state index in [0.717, 1.165) is 0 Å². The lowest BCUT2D eigenvalue weighted by atomic mass is 9.88. The number of nitrogens with zero attached hydrogens (tertiary/aromatic N) is 1. The lowest BCUT2D eigenvalue weighted by Crippen LogP contribution is -2.54. The molecule has 1 aliphatic rings. The summed E-state index contributed by atoms with van der Waals surface area (Å²) in [6.45, 7) is 4.41. The van der Waals surface area contributed by atoms with Gasteiger partial charge in [-0.15, -0.1) is 0 Å². The van der Waals surface area contributed by atoms with Gasteiger partial charge in [0, 0.05) is 25.9 Å². The van der Waals surface area contributed by atoms with Crippen LogP contribution in [0.3, 0.4) is 0 Å². The second kappa shape index (κ2) is 6.58. The Kier molecular flexibility index (Phi) is 5.40. The van der Waals surface area contributed by atoms with E-state index >= 15 is 0 Å². The number of rotatable bonds is 3. The zero-order chi connectivity index (χ0) is 13.7. The minimum absolute atomic E-state index is 0.00481. The van der Waals surface area contributed by atoms with E-state index in [0.29, 0.717) is 25.9 Å². The molecule has 0 aliphatic carbocycles. The molecule has 104 valence electrons. The quantitative estimate of drug-likeness (QED) is 0.765. The number of amides is 2. The Balaban J connectivity index is 2.67. The number of likely N-dealkylation sites (tertiary alicyclic amines) is 1. The van der Waals surface area contributed by atoms with Gasteiger partial charge in [-0.05, 0) is 12.8 Å². The number of hydrogen-bond acceptors (Lipinski definition) is 4. The average molecular weight is 258 g/mol. The molecule has 2 amide bonds. The highest BCUT2D eigenvalue weighted by Crippen LogP contribution is 2.22. The predicted octanol–water partition coefficient (Wildman–Crippen LogP) is 0.350. The number of aliphatic hydroxyl groups excluding tert-OH is 1. The van der Waals surface area contributed by atoms with E-state index in [1.165, 1.54) is 14.0 Å². The third-order valence-electron chi connectivity index (χ3n) is 3.40. The van der Waals surface area contributed by atoms with E-state index in [4.69, 9.17) is 0 Å². The van der Waals surface area contributed by atoms with Crippen LogP contribution in [0.1, 0.15) is 26.7 Å². The molecule has 0 radical (unpaired) electrons. The molecule has 0 aromatic carbocycles. The van der Waals surface area contributed by atoms with Crippen molar-refractivity contribution in [2.45, 2.75) is 38.8 Å². The molecule has 0 spiro atoms. The fourth-order valence-corrected chi connectivity index (χ4v) is 2.34. The van der Waals surface area contributed by atoms with Crippen LogP contribution in [0.5, 0.6) is 0 Å². The van der Waals surface area contributed by atoms with Crippen molar-refractivity contribution in [2.24, 2.45) is 5.92 Å². The predicted molar refractivity (Wildman–Crippen MR) is 66.0 cm³/mol. The second-order valence-corrected chi connectivity index (χ2v) is 4.73. The van der Waals surface area contributed by atoms with Crippen LogP contribution >= 0.6 is 0 Å². The molecule has 0 bridgehead atoms. The SMILES string of the molecule is CCC(O)C1CC(NC(=O)OC)CN(C(C)=O)C1. The highest BCUT2D eigenvalue weighted by molar-refractivity contribution is 5.73. The summed E-state index contributed by atoms with van der Waals surface area (Å²) < 4.78 is 4.55. The van der Waals surface area contributed by atoms with Crippen LogP contribution in [0.15, 0.2) is 0 Å². The molecule has 6 heteroatoms. The summed E-state index contributed by atoms with van der Waals surface area (Å²) in [5.41, 5.74) is 0. The minimum atomic E-state index is -0.504. The van der Waals surface area contributed by atoms with Crippen molar-refractivity contribution in [3.63, 3.8) is 0 Å². The summed E-state index contributed by atoms with van der Waals surface area (Å²) in [7, 11) is 1.30. The van der Waals surface area contributed by atoms with Gasteiger partial charge in [0.2, 0.25) is 5.91 Å². The van der Waals surface area contributed by atoms with Crippen molar-refractivity contribution >= 4 is 12.0 Å². The van der Waals surface area contributed by atoms with E-state index in [-0.39, 0.29) is 17.9 Å². The maximum Gasteiger partial charge on any atom is 0.407 e. The number of carbonyl (C=O) groups excluding carboxylic acids is 2. The van der Waals surface area contributed by atoms with Crippen molar-refractivity contribution in [1.29, 1.82) is 0 Å². The zero-order valence-corrected chi connectivity index (χ0v) is 11.2. The summed E-state index contributed by atoms with van der Waals surface area (Å²) in [5.74, 6) is -0.0468. The van der Waals surface area contributed by atoms with Gasteiger partial charge in [0.05, 0.1) is 19.3 Å². The largest absolute Gasteiger partial charge is 0.453 e. The topological polar surface area (TPSA) is 78.9 Å². The number of alkyl carbamates (subject to hydrolysis) is 1. The van der Waals surface area contributed by atoms with Crippen LogP contribution in [0, 0.1) is 5.92 Å². The lowest BCUT2D eigenvalue weighted by Gasteiger charge is -2.39. The molecule has 1 fully saturated rings. The number of methoxy groups -OCH3 is 1. The zero-order valence-electron chi connectivity index (χ0n) is 11.2. The number of hydrogen-bond donors (Lipinski definition) is 2. The van der Waals surface area contributed by atoms with Crippen molar-refractivity contribution in [2.75, 3.05) is 20.2 Å². The Hall–Kier alpha value is -1.30. The van der Waals surface area contributed by atoms with Gasteiger partial charge in [0.1, 0.15) is 0 Å². The fraction of sp³-hybridized carbons (Fsp3) is 0.833. The van der Waals surface area contributed by atoms with E-state index in [1.54, 1.807) is 4.90 Å². The van der Waals surface area contributed by atoms with Crippen LogP contribution in [-0.2, 0) is 9.53 Å². The van der Waals surface area contributed by atoms with Crippen LogP contribution in [0.4, 0.5) is 4.79 Å². The molecule has 2 N–H and O–H groups in total. The first-order valence-corrected chi connectivity index (χ1v) is 6.26. The minimum Gasteiger partial charge on any atom is -0.453 e.